The summed E-state index contributed by atoms with van der Waals surface area (Å²) in [4.78, 5) is 17.2. The number of fused-ring (bicyclic) bond motifs is 1. The third-order valence-electron chi connectivity index (χ3n) is 2.75. The average Bonchev–Trinajstić information content (AvgIpc) is 2.46. The van der Waals surface area contributed by atoms with Crippen molar-refractivity contribution in [2.45, 2.75) is 13.5 Å². The number of nitrogens with zero attached hydrogens (tertiary/aromatic N) is 4. The normalized spacial score (nSPS) is 10.6. The van der Waals surface area contributed by atoms with E-state index in [9.17, 15) is 0 Å². The number of aryl methyl sites for hydroxylation is 1. The van der Waals surface area contributed by atoms with E-state index < -0.39 is 0 Å². The van der Waals surface area contributed by atoms with E-state index in [1.165, 1.54) is 0 Å². The van der Waals surface area contributed by atoms with Crippen LogP contribution in [0.3, 0.4) is 0 Å². The summed E-state index contributed by atoms with van der Waals surface area (Å²) >= 11 is 0. The summed E-state index contributed by atoms with van der Waals surface area (Å²) in [5, 5.41) is 4.18. The third kappa shape index (κ3) is 2.65. The van der Waals surface area contributed by atoms with Crippen molar-refractivity contribution in [3.8, 4) is 0 Å². The third-order valence-corrected chi connectivity index (χ3v) is 2.75. The lowest BCUT2D eigenvalue weighted by Gasteiger charge is -2.05. The fourth-order valence-corrected chi connectivity index (χ4v) is 1.74. The van der Waals surface area contributed by atoms with Crippen LogP contribution in [0.15, 0.2) is 42.9 Å². The fourth-order valence-electron chi connectivity index (χ4n) is 1.74. The quantitative estimate of drug-likeness (QED) is 0.774. The van der Waals surface area contributed by atoms with Crippen LogP contribution < -0.4 is 5.32 Å². The van der Waals surface area contributed by atoms with Crippen LogP contribution in [0, 0.1) is 6.92 Å². The SMILES string of the molecule is Cc1cnc(CNc2ncc3ccccc3n2)cn1. The standard InChI is InChI=1S/C14H13N5/c1-10-6-16-12(8-15-10)9-18-14-17-7-11-4-2-3-5-13(11)19-14/h2-8H,9H2,1H3,(H,17,18,19). The number of rotatable bonds is 3. The molecule has 0 aliphatic heterocycles. The Labute approximate surface area is 110 Å². The van der Waals surface area contributed by atoms with Gasteiger partial charge >= 0.3 is 0 Å². The minimum atomic E-state index is 0.561. The van der Waals surface area contributed by atoms with Gasteiger partial charge < -0.3 is 5.32 Å². The van der Waals surface area contributed by atoms with Crippen molar-refractivity contribution < 1.29 is 0 Å². The maximum absolute atomic E-state index is 4.44. The maximum Gasteiger partial charge on any atom is 0.223 e. The van der Waals surface area contributed by atoms with Crippen LogP contribution in [0.25, 0.3) is 10.9 Å². The minimum Gasteiger partial charge on any atom is -0.348 e. The zero-order valence-electron chi connectivity index (χ0n) is 10.5. The second-order valence-corrected chi connectivity index (χ2v) is 4.26. The predicted octanol–water partition coefficient (Wildman–Crippen LogP) is 2.34. The fraction of sp³-hybridized carbons (Fsp3) is 0.143. The summed E-state index contributed by atoms with van der Waals surface area (Å²) in [6.07, 6.45) is 5.31. The van der Waals surface area contributed by atoms with Crippen molar-refractivity contribution in [2.75, 3.05) is 5.32 Å². The second kappa shape index (κ2) is 4.97. The van der Waals surface area contributed by atoms with Crippen molar-refractivity contribution in [3.63, 3.8) is 0 Å². The van der Waals surface area contributed by atoms with Gasteiger partial charge in [-0.3, -0.25) is 9.97 Å². The Bertz CT molecular complexity index is 694. The summed E-state index contributed by atoms with van der Waals surface area (Å²) in [7, 11) is 0. The van der Waals surface area contributed by atoms with Crippen LogP contribution >= 0.6 is 0 Å². The summed E-state index contributed by atoms with van der Waals surface area (Å²) in [6, 6.07) is 7.89. The van der Waals surface area contributed by atoms with Gasteiger partial charge in [-0.1, -0.05) is 18.2 Å². The van der Waals surface area contributed by atoms with Gasteiger partial charge in [-0.25, -0.2) is 9.97 Å². The molecule has 0 unspecified atom stereocenters. The van der Waals surface area contributed by atoms with E-state index in [-0.39, 0.29) is 0 Å². The molecule has 1 aromatic carbocycles. The Balaban J connectivity index is 1.76. The van der Waals surface area contributed by atoms with Crippen molar-refractivity contribution >= 4 is 16.9 Å². The summed E-state index contributed by atoms with van der Waals surface area (Å²) in [6.45, 7) is 2.47. The molecule has 0 fully saturated rings. The highest BCUT2D eigenvalue weighted by Gasteiger charge is 2.00. The molecule has 2 aromatic heterocycles. The van der Waals surface area contributed by atoms with Crippen LogP contribution in [0.4, 0.5) is 5.95 Å². The first-order chi connectivity index (χ1) is 9.31. The van der Waals surface area contributed by atoms with Crippen molar-refractivity contribution in [1.29, 1.82) is 0 Å². The molecule has 94 valence electrons. The molecule has 5 heteroatoms. The van der Waals surface area contributed by atoms with E-state index in [0.717, 1.165) is 22.3 Å². The van der Waals surface area contributed by atoms with E-state index in [2.05, 4.69) is 25.3 Å². The molecule has 1 N–H and O–H groups in total. The van der Waals surface area contributed by atoms with Crippen molar-refractivity contribution in [3.05, 3.63) is 54.2 Å². The lowest BCUT2D eigenvalue weighted by molar-refractivity contribution is 0.966. The van der Waals surface area contributed by atoms with Gasteiger partial charge in [0.2, 0.25) is 5.95 Å². The molecule has 2 heterocycles. The largest absolute Gasteiger partial charge is 0.348 e. The van der Waals surface area contributed by atoms with Crippen LogP contribution in [-0.2, 0) is 6.54 Å². The monoisotopic (exact) mass is 251 g/mol. The van der Waals surface area contributed by atoms with Gasteiger partial charge in [0.25, 0.3) is 0 Å². The van der Waals surface area contributed by atoms with E-state index in [1.807, 2.05) is 37.4 Å². The summed E-state index contributed by atoms with van der Waals surface area (Å²) in [5.74, 6) is 0.598. The van der Waals surface area contributed by atoms with Crippen LogP contribution in [0.2, 0.25) is 0 Å². The zero-order chi connectivity index (χ0) is 13.1. The van der Waals surface area contributed by atoms with Gasteiger partial charge in [-0.15, -0.1) is 0 Å². The first kappa shape index (κ1) is 11.5. The Morgan fingerprint density at radius 3 is 2.74 bits per heavy atom. The minimum absolute atomic E-state index is 0.561. The lowest BCUT2D eigenvalue weighted by atomic mass is 10.2. The lowest BCUT2D eigenvalue weighted by Crippen LogP contribution is -2.05. The van der Waals surface area contributed by atoms with Gasteiger partial charge in [0.05, 0.1) is 29.6 Å². The average molecular weight is 251 g/mol. The van der Waals surface area contributed by atoms with Crippen molar-refractivity contribution in [1.82, 2.24) is 19.9 Å². The molecule has 3 aromatic rings. The molecular weight excluding hydrogens is 238 g/mol. The molecule has 0 aliphatic carbocycles. The molecule has 0 bridgehead atoms. The van der Waals surface area contributed by atoms with E-state index in [4.69, 9.17) is 0 Å². The maximum atomic E-state index is 4.44. The number of hydrogen-bond donors (Lipinski definition) is 1. The van der Waals surface area contributed by atoms with Crippen LogP contribution in [0.5, 0.6) is 0 Å². The first-order valence-electron chi connectivity index (χ1n) is 6.04. The second-order valence-electron chi connectivity index (χ2n) is 4.26. The number of nitrogens with one attached hydrogen (secondary N) is 1. The molecule has 0 aliphatic rings. The van der Waals surface area contributed by atoms with Gasteiger partial charge in [0, 0.05) is 17.8 Å². The number of hydrogen-bond acceptors (Lipinski definition) is 5. The highest BCUT2D eigenvalue weighted by atomic mass is 15.1. The van der Waals surface area contributed by atoms with Crippen LogP contribution in [0.1, 0.15) is 11.4 Å². The highest BCUT2D eigenvalue weighted by Crippen LogP contribution is 2.11. The molecule has 0 amide bonds. The van der Waals surface area contributed by atoms with E-state index in [1.54, 1.807) is 12.4 Å². The van der Waals surface area contributed by atoms with Gasteiger partial charge in [-0.05, 0) is 13.0 Å². The Kier molecular flexibility index (Phi) is 3.02. The van der Waals surface area contributed by atoms with Crippen LogP contribution in [-0.4, -0.2) is 19.9 Å². The smallest absolute Gasteiger partial charge is 0.223 e. The number of benzene rings is 1. The molecule has 0 saturated carbocycles. The number of anilines is 1. The predicted molar refractivity (Wildman–Crippen MR) is 73.6 cm³/mol. The molecule has 19 heavy (non-hydrogen) atoms. The first-order valence-corrected chi connectivity index (χ1v) is 6.04. The summed E-state index contributed by atoms with van der Waals surface area (Å²) < 4.78 is 0. The molecule has 5 nitrogen and oxygen atoms in total. The van der Waals surface area contributed by atoms with E-state index in [0.29, 0.717) is 12.5 Å². The van der Waals surface area contributed by atoms with Gasteiger partial charge in [0.15, 0.2) is 0 Å². The Morgan fingerprint density at radius 1 is 1.00 bits per heavy atom. The Hall–Kier alpha value is -2.56. The van der Waals surface area contributed by atoms with Gasteiger partial charge in [0.1, 0.15) is 0 Å². The molecular formula is C14H13N5. The molecule has 3 rings (SSSR count). The Morgan fingerprint density at radius 2 is 1.89 bits per heavy atom. The molecule has 0 saturated heterocycles. The topological polar surface area (TPSA) is 63.6 Å². The molecule has 0 spiro atoms. The molecule has 0 atom stereocenters. The molecule has 0 radical (unpaired) electrons. The van der Waals surface area contributed by atoms with E-state index >= 15 is 0 Å². The number of aromatic nitrogens is 4. The zero-order valence-corrected chi connectivity index (χ0v) is 10.5. The van der Waals surface area contributed by atoms with Crippen molar-refractivity contribution in [2.24, 2.45) is 0 Å². The highest BCUT2D eigenvalue weighted by molar-refractivity contribution is 5.78. The van der Waals surface area contributed by atoms with Gasteiger partial charge in [-0.2, -0.15) is 0 Å². The summed E-state index contributed by atoms with van der Waals surface area (Å²) in [5.41, 5.74) is 2.70. The number of para-hydroxylation sites is 1.